The number of H-pyrrole nitrogens is 1. The summed E-state index contributed by atoms with van der Waals surface area (Å²) in [4.78, 5) is 24.9. The third-order valence-electron chi connectivity index (χ3n) is 4.86. The Morgan fingerprint density at radius 3 is 2.78 bits per heavy atom. The standard InChI is InChI=1S/C21H23N5O/c1-14-5-7-15(8-6-14)19-20(17-4-2-3-10-23-17)26-18(25-19)13-24-21(27)16-9-11-22-12-16/h2-8,10,16,22H,9,11-13H2,1H3,(H,24,27)(H,25,26). The molecule has 27 heavy (non-hydrogen) atoms. The Bertz CT molecular complexity index is 912. The van der Waals surface area contributed by atoms with Crippen molar-refractivity contribution in [2.75, 3.05) is 13.1 Å². The van der Waals surface area contributed by atoms with Crippen LogP contribution in [0.3, 0.4) is 0 Å². The third-order valence-corrected chi connectivity index (χ3v) is 4.86. The van der Waals surface area contributed by atoms with Crippen LogP contribution < -0.4 is 10.6 Å². The minimum atomic E-state index is 0.0480. The number of hydrogen-bond acceptors (Lipinski definition) is 4. The van der Waals surface area contributed by atoms with Crippen molar-refractivity contribution in [2.24, 2.45) is 5.92 Å². The van der Waals surface area contributed by atoms with Crippen molar-refractivity contribution in [3.63, 3.8) is 0 Å². The fourth-order valence-corrected chi connectivity index (χ4v) is 3.32. The smallest absolute Gasteiger partial charge is 0.224 e. The molecule has 1 unspecified atom stereocenters. The van der Waals surface area contributed by atoms with Crippen molar-refractivity contribution < 1.29 is 4.79 Å². The fraction of sp³-hybridized carbons (Fsp3) is 0.286. The second kappa shape index (κ2) is 7.72. The number of hydrogen-bond donors (Lipinski definition) is 3. The number of benzene rings is 1. The van der Waals surface area contributed by atoms with Gasteiger partial charge in [-0.25, -0.2) is 4.98 Å². The van der Waals surface area contributed by atoms with Gasteiger partial charge in [0.25, 0.3) is 0 Å². The van der Waals surface area contributed by atoms with Crippen LogP contribution in [0.4, 0.5) is 0 Å². The number of carbonyl (C=O) groups excluding carboxylic acids is 1. The first kappa shape index (κ1) is 17.4. The maximum atomic E-state index is 12.3. The van der Waals surface area contributed by atoms with Crippen molar-refractivity contribution in [1.29, 1.82) is 0 Å². The average molecular weight is 361 g/mol. The summed E-state index contributed by atoms with van der Waals surface area (Å²) in [6.45, 7) is 4.09. The fourth-order valence-electron chi connectivity index (χ4n) is 3.32. The molecule has 3 heterocycles. The number of amides is 1. The van der Waals surface area contributed by atoms with Gasteiger partial charge in [-0.2, -0.15) is 0 Å². The molecule has 1 aliphatic heterocycles. The van der Waals surface area contributed by atoms with Crippen LogP contribution in [0.5, 0.6) is 0 Å². The van der Waals surface area contributed by atoms with E-state index in [2.05, 4.69) is 51.8 Å². The molecule has 0 spiro atoms. The highest BCUT2D eigenvalue weighted by atomic mass is 16.1. The highest BCUT2D eigenvalue weighted by Gasteiger charge is 2.22. The van der Waals surface area contributed by atoms with E-state index in [0.717, 1.165) is 48.0 Å². The zero-order valence-corrected chi connectivity index (χ0v) is 15.3. The van der Waals surface area contributed by atoms with Crippen LogP contribution in [-0.4, -0.2) is 33.9 Å². The normalized spacial score (nSPS) is 16.4. The van der Waals surface area contributed by atoms with Gasteiger partial charge in [0.15, 0.2) is 0 Å². The highest BCUT2D eigenvalue weighted by Crippen LogP contribution is 2.29. The molecule has 6 heteroatoms. The van der Waals surface area contributed by atoms with E-state index < -0.39 is 0 Å². The van der Waals surface area contributed by atoms with E-state index in [1.807, 2.05) is 18.2 Å². The molecular weight excluding hydrogens is 338 g/mol. The van der Waals surface area contributed by atoms with E-state index in [1.165, 1.54) is 5.56 Å². The first-order chi connectivity index (χ1) is 13.2. The summed E-state index contributed by atoms with van der Waals surface area (Å²) >= 11 is 0. The van der Waals surface area contributed by atoms with Gasteiger partial charge in [0.1, 0.15) is 5.82 Å². The predicted octanol–water partition coefficient (Wildman–Crippen LogP) is 2.67. The van der Waals surface area contributed by atoms with Crippen LogP contribution in [0.2, 0.25) is 0 Å². The zero-order chi connectivity index (χ0) is 18.6. The van der Waals surface area contributed by atoms with Crippen LogP contribution in [0.25, 0.3) is 22.6 Å². The Balaban J connectivity index is 1.61. The predicted molar refractivity (Wildman–Crippen MR) is 105 cm³/mol. The van der Waals surface area contributed by atoms with Gasteiger partial charge in [-0.05, 0) is 32.0 Å². The van der Waals surface area contributed by atoms with Crippen molar-refractivity contribution in [3.8, 4) is 22.6 Å². The minimum Gasteiger partial charge on any atom is -0.349 e. The summed E-state index contributed by atoms with van der Waals surface area (Å²) in [6.07, 6.45) is 2.65. The lowest BCUT2D eigenvalue weighted by Gasteiger charge is -2.08. The summed E-state index contributed by atoms with van der Waals surface area (Å²) in [7, 11) is 0. The molecule has 4 rings (SSSR count). The molecule has 1 saturated heterocycles. The lowest BCUT2D eigenvalue weighted by atomic mass is 10.1. The molecule has 0 aliphatic carbocycles. The van der Waals surface area contributed by atoms with Gasteiger partial charge < -0.3 is 15.6 Å². The number of aromatic nitrogens is 3. The number of aromatic amines is 1. The maximum Gasteiger partial charge on any atom is 0.224 e. The molecule has 1 aliphatic rings. The zero-order valence-electron chi connectivity index (χ0n) is 15.3. The topological polar surface area (TPSA) is 82.7 Å². The van der Waals surface area contributed by atoms with Gasteiger partial charge in [-0.1, -0.05) is 35.9 Å². The molecule has 138 valence electrons. The number of nitrogens with zero attached hydrogens (tertiary/aromatic N) is 2. The molecule has 3 N–H and O–H groups in total. The number of pyridine rings is 1. The summed E-state index contributed by atoms with van der Waals surface area (Å²) < 4.78 is 0. The Kier molecular flexibility index (Phi) is 4.98. The van der Waals surface area contributed by atoms with Crippen LogP contribution in [-0.2, 0) is 11.3 Å². The van der Waals surface area contributed by atoms with Gasteiger partial charge in [-0.15, -0.1) is 0 Å². The van der Waals surface area contributed by atoms with Gasteiger partial charge in [0, 0.05) is 18.3 Å². The van der Waals surface area contributed by atoms with Crippen molar-refractivity contribution in [3.05, 3.63) is 60.0 Å². The number of carbonyl (C=O) groups is 1. The first-order valence-corrected chi connectivity index (χ1v) is 9.26. The van der Waals surface area contributed by atoms with Gasteiger partial charge in [-0.3, -0.25) is 9.78 Å². The SMILES string of the molecule is Cc1ccc(-c2nc(CNC(=O)C3CCNC3)[nH]c2-c2ccccn2)cc1. The Labute approximate surface area is 158 Å². The van der Waals surface area contributed by atoms with Crippen LogP contribution in [0, 0.1) is 12.8 Å². The Morgan fingerprint density at radius 2 is 2.07 bits per heavy atom. The second-order valence-electron chi connectivity index (χ2n) is 6.90. The summed E-state index contributed by atoms with van der Waals surface area (Å²) in [6, 6.07) is 14.1. The first-order valence-electron chi connectivity index (χ1n) is 9.26. The van der Waals surface area contributed by atoms with Crippen LogP contribution >= 0.6 is 0 Å². The van der Waals surface area contributed by atoms with Crippen molar-refractivity contribution >= 4 is 5.91 Å². The number of imidazole rings is 1. The summed E-state index contributed by atoms with van der Waals surface area (Å²) in [5.74, 6) is 0.852. The monoisotopic (exact) mass is 361 g/mol. The van der Waals surface area contributed by atoms with E-state index in [0.29, 0.717) is 6.54 Å². The Hall–Kier alpha value is -2.99. The van der Waals surface area contributed by atoms with E-state index in [9.17, 15) is 4.79 Å². The molecular formula is C21H23N5O. The van der Waals surface area contributed by atoms with Gasteiger partial charge in [0.05, 0.1) is 29.5 Å². The minimum absolute atomic E-state index is 0.0480. The third kappa shape index (κ3) is 3.90. The van der Waals surface area contributed by atoms with Gasteiger partial charge >= 0.3 is 0 Å². The number of rotatable bonds is 5. The molecule has 1 aromatic carbocycles. The average Bonchev–Trinajstić information content (AvgIpc) is 3.38. The molecule has 1 atom stereocenters. The number of aryl methyl sites for hydroxylation is 1. The van der Waals surface area contributed by atoms with Crippen molar-refractivity contribution in [1.82, 2.24) is 25.6 Å². The highest BCUT2D eigenvalue weighted by molar-refractivity contribution is 5.79. The molecule has 2 aromatic heterocycles. The van der Waals surface area contributed by atoms with E-state index in [-0.39, 0.29) is 11.8 Å². The lowest BCUT2D eigenvalue weighted by molar-refractivity contribution is -0.124. The Morgan fingerprint density at radius 1 is 1.22 bits per heavy atom. The molecule has 1 amide bonds. The lowest BCUT2D eigenvalue weighted by Crippen LogP contribution is -2.31. The summed E-state index contributed by atoms with van der Waals surface area (Å²) in [5.41, 5.74) is 4.77. The molecule has 1 fully saturated rings. The molecule has 0 bridgehead atoms. The molecule has 3 aromatic rings. The summed E-state index contributed by atoms with van der Waals surface area (Å²) in [5, 5.41) is 6.22. The molecule has 6 nitrogen and oxygen atoms in total. The number of nitrogens with one attached hydrogen (secondary N) is 3. The van der Waals surface area contributed by atoms with E-state index in [4.69, 9.17) is 4.98 Å². The molecule has 0 radical (unpaired) electrons. The van der Waals surface area contributed by atoms with Crippen LogP contribution in [0.15, 0.2) is 48.7 Å². The van der Waals surface area contributed by atoms with E-state index in [1.54, 1.807) is 6.20 Å². The largest absolute Gasteiger partial charge is 0.349 e. The molecule has 0 saturated carbocycles. The van der Waals surface area contributed by atoms with Crippen LogP contribution in [0.1, 0.15) is 17.8 Å². The van der Waals surface area contributed by atoms with Gasteiger partial charge in [0.2, 0.25) is 5.91 Å². The maximum absolute atomic E-state index is 12.3. The van der Waals surface area contributed by atoms with Crippen molar-refractivity contribution in [2.45, 2.75) is 19.9 Å². The quantitative estimate of drug-likeness (QED) is 0.652. The second-order valence-corrected chi connectivity index (χ2v) is 6.90. The van der Waals surface area contributed by atoms with E-state index >= 15 is 0 Å².